The van der Waals surface area contributed by atoms with E-state index in [-0.39, 0.29) is 24.4 Å². The van der Waals surface area contributed by atoms with Gasteiger partial charge in [0, 0.05) is 6.04 Å². The van der Waals surface area contributed by atoms with Crippen LogP contribution in [0.25, 0.3) is 0 Å². The smallest absolute Gasteiger partial charge is 0.325 e. The van der Waals surface area contributed by atoms with Crippen molar-refractivity contribution in [3.8, 4) is 5.75 Å². The Morgan fingerprint density at radius 1 is 1.21 bits per heavy atom. The molecular weight excluding hydrogens is 370 g/mol. The van der Waals surface area contributed by atoms with Crippen LogP contribution in [0.5, 0.6) is 5.75 Å². The minimum Gasteiger partial charge on any atom is -0.497 e. The standard InChI is InChI=1S/C22H31N3O4/c1-15-4-8-17(9-5-15)23-19(26)14-25-20(27)22(2,24-21(25)28)13-12-16-6-10-18(29-3)11-7-16/h6-7,10-11,15,17H,4-5,8-9,12-14H2,1-3H3,(H,23,26)(H,24,28)/t15?,17?,22-/m1/s1. The van der Waals surface area contributed by atoms with Crippen LogP contribution in [0, 0.1) is 5.92 Å². The number of nitrogens with one attached hydrogen (secondary N) is 2. The largest absolute Gasteiger partial charge is 0.497 e. The van der Waals surface area contributed by atoms with Gasteiger partial charge < -0.3 is 15.4 Å². The number of carbonyl (C=O) groups excluding carboxylic acids is 3. The number of nitrogens with zero attached hydrogens (tertiary/aromatic N) is 1. The lowest BCUT2D eigenvalue weighted by Gasteiger charge is -2.27. The Bertz CT molecular complexity index is 756. The van der Waals surface area contributed by atoms with E-state index in [2.05, 4.69) is 17.6 Å². The lowest BCUT2D eigenvalue weighted by molar-refractivity contribution is -0.135. The molecule has 1 aromatic rings. The molecule has 3 rings (SSSR count). The number of aryl methyl sites for hydroxylation is 1. The van der Waals surface area contributed by atoms with Crippen LogP contribution in [0.15, 0.2) is 24.3 Å². The number of carbonyl (C=O) groups is 3. The third kappa shape index (κ3) is 5.08. The lowest BCUT2D eigenvalue weighted by atomic mass is 9.87. The van der Waals surface area contributed by atoms with E-state index < -0.39 is 11.6 Å². The van der Waals surface area contributed by atoms with Crippen molar-refractivity contribution in [3.05, 3.63) is 29.8 Å². The summed E-state index contributed by atoms with van der Waals surface area (Å²) in [7, 11) is 1.61. The molecule has 0 radical (unpaired) electrons. The highest BCUT2D eigenvalue weighted by molar-refractivity contribution is 6.08. The van der Waals surface area contributed by atoms with Crippen molar-refractivity contribution in [2.24, 2.45) is 5.92 Å². The molecular formula is C22H31N3O4. The van der Waals surface area contributed by atoms with Crippen LogP contribution in [0.1, 0.15) is 51.5 Å². The van der Waals surface area contributed by atoms with Gasteiger partial charge in [-0.25, -0.2) is 4.79 Å². The SMILES string of the molecule is COc1ccc(CC[C@@]2(C)NC(=O)N(CC(=O)NC3CCC(C)CC3)C2=O)cc1. The summed E-state index contributed by atoms with van der Waals surface area (Å²) >= 11 is 0. The van der Waals surface area contributed by atoms with Crippen LogP contribution in [0.3, 0.4) is 0 Å². The first-order chi connectivity index (χ1) is 13.8. The van der Waals surface area contributed by atoms with E-state index in [1.165, 1.54) is 0 Å². The van der Waals surface area contributed by atoms with Gasteiger partial charge in [-0.05, 0) is 69.1 Å². The molecule has 158 valence electrons. The number of urea groups is 1. The fraction of sp³-hybridized carbons (Fsp3) is 0.591. The van der Waals surface area contributed by atoms with Gasteiger partial charge in [-0.15, -0.1) is 0 Å². The minimum atomic E-state index is -1.00. The van der Waals surface area contributed by atoms with E-state index in [0.717, 1.165) is 41.9 Å². The number of amides is 4. The van der Waals surface area contributed by atoms with Gasteiger partial charge in [-0.3, -0.25) is 14.5 Å². The number of hydrogen-bond donors (Lipinski definition) is 2. The van der Waals surface area contributed by atoms with E-state index in [9.17, 15) is 14.4 Å². The summed E-state index contributed by atoms with van der Waals surface area (Å²) in [6.07, 6.45) is 5.18. The van der Waals surface area contributed by atoms with Gasteiger partial charge in [0.25, 0.3) is 5.91 Å². The van der Waals surface area contributed by atoms with Crippen molar-refractivity contribution in [2.45, 2.75) is 64.0 Å². The van der Waals surface area contributed by atoms with E-state index in [4.69, 9.17) is 4.74 Å². The van der Waals surface area contributed by atoms with Crippen LogP contribution < -0.4 is 15.4 Å². The van der Waals surface area contributed by atoms with Crippen molar-refractivity contribution in [3.63, 3.8) is 0 Å². The van der Waals surface area contributed by atoms with Crippen LogP contribution >= 0.6 is 0 Å². The molecule has 0 aromatic heterocycles. The summed E-state index contributed by atoms with van der Waals surface area (Å²) in [6.45, 7) is 3.71. The molecule has 7 heteroatoms. The van der Waals surface area contributed by atoms with Gasteiger partial charge in [-0.1, -0.05) is 19.1 Å². The zero-order valence-electron chi connectivity index (χ0n) is 17.5. The summed E-state index contributed by atoms with van der Waals surface area (Å²) in [5.41, 5.74) is 0.0502. The summed E-state index contributed by atoms with van der Waals surface area (Å²) in [5, 5.41) is 5.75. The third-order valence-electron chi connectivity index (χ3n) is 6.10. The monoisotopic (exact) mass is 401 g/mol. The number of methoxy groups -OCH3 is 1. The Balaban J connectivity index is 1.54. The highest BCUT2D eigenvalue weighted by atomic mass is 16.5. The summed E-state index contributed by atoms with van der Waals surface area (Å²) in [6, 6.07) is 7.27. The lowest BCUT2D eigenvalue weighted by Crippen LogP contribution is -2.47. The molecule has 2 N–H and O–H groups in total. The first kappa shape index (κ1) is 21.1. The Labute approximate surface area is 172 Å². The molecule has 0 unspecified atom stereocenters. The molecule has 2 fully saturated rings. The summed E-state index contributed by atoms with van der Waals surface area (Å²) < 4.78 is 5.15. The maximum Gasteiger partial charge on any atom is 0.325 e. The molecule has 1 atom stereocenters. The second-order valence-electron chi connectivity index (χ2n) is 8.53. The maximum atomic E-state index is 12.9. The van der Waals surface area contributed by atoms with Crippen molar-refractivity contribution < 1.29 is 19.1 Å². The molecule has 4 amide bonds. The number of benzene rings is 1. The summed E-state index contributed by atoms with van der Waals surface area (Å²) in [4.78, 5) is 38.7. The third-order valence-corrected chi connectivity index (χ3v) is 6.10. The topological polar surface area (TPSA) is 87.7 Å². The first-order valence-corrected chi connectivity index (χ1v) is 10.4. The first-order valence-electron chi connectivity index (χ1n) is 10.4. The predicted octanol–water partition coefficient (Wildman–Crippen LogP) is 2.63. The predicted molar refractivity (Wildman–Crippen MR) is 110 cm³/mol. The van der Waals surface area contributed by atoms with Gasteiger partial charge in [0.1, 0.15) is 17.8 Å². The van der Waals surface area contributed by atoms with Gasteiger partial charge in [0.15, 0.2) is 0 Å². The molecule has 1 aliphatic heterocycles. The molecule has 0 bridgehead atoms. The maximum absolute atomic E-state index is 12.9. The highest BCUT2D eigenvalue weighted by Crippen LogP contribution is 2.25. The van der Waals surface area contributed by atoms with Crippen molar-refractivity contribution in [2.75, 3.05) is 13.7 Å². The number of rotatable bonds is 7. The van der Waals surface area contributed by atoms with Crippen LogP contribution in [-0.4, -0.2) is 48.0 Å². The Hall–Kier alpha value is -2.57. The Morgan fingerprint density at radius 3 is 2.48 bits per heavy atom. The van der Waals surface area contributed by atoms with Crippen LogP contribution in [0.2, 0.25) is 0 Å². The molecule has 7 nitrogen and oxygen atoms in total. The van der Waals surface area contributed by atoms with Crippen molar-refractivity contribution in [1.82, 2.24) is 15.5 Å². The minimum absolute atomic E-state index is 0.140. The fourth-order valence-corrected chi connectivity index (χ4v) is 4.07. The van der Waals surface area contributed by atoms with Gasteiger partial charge in [-0.2, -0.15) is 0 Å². The van der Waals surface area contributed by atoms with Gasteiger partial charge in [0.05, 0.1) is 7.11 Å². The summed E-state index contributed by atoms with van der Waals surface area (Å²) in [5.74, 6) is 0.853. The highest BCUT2D eigenvalue weighted by Gasteiger charge is 2.47. The molecule has 1 aliphatic carbocycles. The Kier molecular flexibility index (Phi) is 6.45. The van der Waals surface area contributed by atoms with E-state index in [1.807, 2.05) is 24.3 Å². The molecule has 2 aliphatic rings. The molecule has 1 aromatic carbocycles. The van der Waals surface area contributed by atoms with Gasteiger partial charge in [0.2, 0.25) is 5.91 Å². The van der Waals surface area contributed by atoms with Crippen molar-refractivity contribution in [1.29, 1.82) is 0 Å². The number of ether oxygens (including phenoxy) is 1. The van der Waals surface area contributed by atoms with Crippen LogP contribution in [0.4, 0.5) is 4.79 Å². The average Bonchev–Trinajstić information content (AvgIpc) is 2.92. The molecule has 1 heterocycles. The average molecular weight is 402 g/mol. The second-order valence-corrected chi connectivity index (χ2v) is 8.53. The molecule has 29 heavy (non-hydrogen) atoms. The normalized spacial score (nSPS) is 26.9. The second kappa shape index (κ2) is 8.84. The van der Waals surface area contributed by atoms with Crippen molar-refractivity contribution >= 4 is 17.8 Å². The zero-order chi connectivity index (χ0) is 21.0. The van der Waals surface area contributed by atoms with Crippen LogP contribution in [-0.2, 0) is 16.0 Å². The zero-order valence-corrected chi connectivity index (χ0v) is 17.5. The van der Waals surface area contributed by atoms with E-state index >= 15 is 0 Å². The number of hydrogen-bond acceptors (Lipinski definition) is 4. The van der Waals surface area contributed by atoms with Gasteiger partial charge >= 0.3 is 6.03 Å². The molecule has 1 saturated heterocycles. The quantitative estimate of drug-likeness (QED) is 0.688. The fourth-order valence-electron chi connectivity index (χ4n) is 4.07. The van der Waals surface area contributed by atoms with E-state index in [1.54, 1.807) is 14.0 Å². The molecule has 0 spiro atoms. The Morgan fingerprint density at radius 2 is 1.86 bits per heavy atom. The number of imide groups is 1. The van der Waals surface area contributed by atoms with E-state index in [0.29, 0.717) is 18.8 Å². The molecule has 1 saturated carbocycles.